The van der Waals surface area contributed by atoms with Crippen molar-refractivity contribution < 1.29 is 4.79 Å². The summed E-state index contributed by atoms with van der Waals surface area (Å²) in [6.45, 7) is 0.350. The second-order valence-electron chi connectivity index (χ2n) is 5.95. The third-order valence-electron chi connectivity index (χ3n) is 4.20. The normalized spacial score (nSPS) is 10.5. The van der Waals surface area contributed by atoms with Crippen molar-refractivity contribution >= 4 is 5.91 Å². The summed E-state index contributed by atoms with van der Waals surface area (Å²) in [6, 6.07) is 21.4. The first kappa shape index (κ1) is 16.7. The van der Waals surface area contributed by atoms with Crippen LogP contribution in [-0.4, -0.2) is 25.7 Å². The quantitative estimate of drug-likeness (QED) is 0.596. The van der Waals surface area contributed by atoms with Crippen LogP contribution in [0.1, 0.15) is 15.9 Å². The second kappa shape index (κ2) is 7.61. The van der Waals surface area contributed by atoms with Crippen LogP contribution >= 0.6 is 0 Å². The van der Waals surface area contributed by atoms with Crippen molar-refractivity contribution in [3.63, 3.8) is 0 Å². The number of hydrogen-bond acceptors (Lipinski definition) is 4. The Bertz CT molecular complexity index is 1030. The highest BCUT2D eigenvalue weighted by molar-refractivity contribution is 5.94. The maximum atomic E-state index is 12.5. The van der Waals surface area contributed by atoms with Crippen molar-refractivity contribution in [3.8, 4) is 16.9 Å². The fraction of sp³-hybridized carbons (Fsp3) is 0.0476. The SMILES string of the molecule is O=C(NCc1cccnc1-n1cncn1)c1ccc(-c2ccccc2)cc1. The van der Waals surface area contributed by atoms with Gasteiger partial charge in [0.1, 0.15) is 12.7 Å². The van der Waals surface area contributed by atoms with E-state index in [4.69, 9.17) is 0 Å². The highest BCUT2D eigenvalue weighted by Gasteiger charge is 2.10. The van der Waals surface area contributed by atoms with Crippen LogP contribution in [0, 0.1) is 0 Å². The fourth-order valence-electron chi connectivity index (χ4n) is 2.81. The van der Waals surface area contributed by atoms with E-state index in [9.17, 15) is 4.79 Å². The minimum atomic E-state index is -0.136. The van der Waals surface area contributed by atoms with Crippen molar-refractivity contribution in [3.05, 3.63) is 96.7 Å². The number of carbonyl (C=O) groups is 1. The van der Waals surface area contributed by atoms with Crippen molar-refractivity contribution in [2.24, 2.45) is 0 Å². The number of nitrogens with zero attached hydrogens (tertiary/aromatic N) is 4. The monoisotopic (exact) mass is 355 g/mol. The van der Waals surface area contributed by atoms with Gasteiger partial charge in [-0.1, -0.05) is 48.5 Å². The van der Waals surface area contributed by atoms with Crippen molar-refractivity contribution in [1.82, 2.24) is 25.1 Å². The van der Waals surface area contributed by atoms with Crippen LogP contribution in [0.2, 0.25) is 0 Å². The number of carbonyl (C=O) groups excluding carboxylic acids is 1. The summed E-state index contributed by atoms with van der Waals surface area (Å²) < 4.78 is 1.58. The van der Waals surface area contributed by atoms with Gasteiger partial charge in [0, 0.05) is 23.9 Å². The van der Waals surface area contributed by atoms with Gasteiger partial charge in [0.2, 0.25) is 0 Å². The van der Waals surface area contributed by atoms with Crippen LogP contribution < -0.4 is 5.32 Å². The molecule has 2 aromatic carbocycles. The number of hydrogen-bond donors (Lipinski definition) is 1. The average molecular weight is 355 g/mol. The minimum Gasteiger partial charge on any atom is -0.348 e. The third-order valence-corrected chi connectivity index (χ3v) is 4.20. The predicted molar refractivity (Wildman–Crippen MR) is 102 cm³/mol. The highest BCUT2D eigenvalue weighted by atomic mass is 16.1. The van der Waals surface area contributed by atoms with E-state index in [1.807, 2.05) is 66.7 Å². The third kappa shape index (κ3) is 3.74. The second-order valence-corrected chi connectivity index (χ2v) is 5.95. The Kier molecular flexibility index (Phi) is 4.70. The summed E-state index contributed by atoms with van der Waals surface area (Å²) >= 11 is 0. The summed E-state index contributed by atoms with van der Waals surface area (Å²) in [5.74, 6) is 0.512. The highest BCUT2D eigenvalue weighted by Crippen LogP contribution is 2.19. The van der Waals surface area contributed by atoms with Crippen molar-refractivity contribution in [2.75, 3.05) is 0 Å². The lowest BCUT2D eigenvalue weighted by Crippen LogP contribution is -2.23. The molecule has 0 spiro atoms. The van der Waals surface area contributed by atoms with Gasteiger partial charge in [-0.2, -0.15) is 5.10 Å². The molecule has 4 aromatic rings. The number of aromatic nitrogens is 4. The molecule has 0 aliphatic carbocycles. The maximum absolute atomic E-state index is 12.5. The lowest BCUT2D eigenvalue weighted by Gasteiger charge is -2.10. The molecule has 4 rings (SSSR count). The van der Waals surface area contributed by atoms with Crippen LogP contribution in [0.5, 0.6) is 0 Å². The van der Waals surface area contributed by atoms with Gasteiger partial charge < -0.3 is 5.32 Å². The van der Waals surface area contributed by atoms with Gasteiger partial charge in [0.15, 0.2) is 5.82 Å². The first-order chi connectivity index (χ1) is 13.3. The van der Waals surface area contributed by atoms with Crippen molar-refractivity contribution in [1.29, 1.82) is 0 Å². The molecule has 27 heavy (non-hydrogen) atoms. The molecule has 0 bridgehead atoms. The Morgan fingerprint density at radius 3 is 2.44 bits per heavy atom. The molecule has 6 heteroatoms. The lowest BCUT2D eigenvalue weighted by atomic mass is 10.0. The minimum absolute atomic E-state index is 0.136. The topological polar surface area (TPSA) is 72.7 Å². The van der Waals surface area contributed by atoms with Gasteiger partial charge in [-0.15, -0.1) is 0 Å². The van der Waals surface area contributed by atoms with Crippen LogP contribution in [-0.2, 0) is 6.54 Å². The van der Waals surface area contributed by atoms with E-state index >= 15 is 0 Å². The fourth-order valence-corrected chi connectivity index (χ4v) is 2.81. The molecular formula is C21H17N5O. The number of pyridine rings is 1. The van der Waals surface area contributed by atoms with E-state index in [0.29, 0.717) is 17.9 Å². The smallest absolute Gasteiger partial charge is 0.251 e. The average Bonchev–Trinajstić information content (AvgIpc) is 3.28. The van der Waals surface area contributed by atoms with E-state index in [0.717, 1.165) is 16.7 Å². The Hall–Kier alpha value is -3.80. The molecule has 132 valence electrons. The van der Waals surface area contributed by atoms with E-state index < -0.39 is 0 Å². The Morgan fingerprint density at radius 1 is 0.926 bits per heavy atom. The summed E-state index contributed by atoms with van der Waals surface area (Å²) in [6.07, 6.45) is 4.71. The van der Waals surface area contributed by atoms with Gasteiger partial charge >= 0.3 is 0 Å². The van der Waals surface area contributed by atoms with E-state index in [-0.39, 0.29) is 5.91 Å². The van der Waals surface area contributed by atoms with Gasteiger partial charge in [0.25, 0.3) is 5.91 Å². The molecule has 0 fully saturated rings. The number of rotatable bonds is 5. The molecule has 0 atom stereocenters. The number of amides is 1. The van der Waals surface area contributed by atoms with Gasteiger partial charge in [-0.25, -0.2) is 14.6 Å². The van der Waals surface area contributed by atoms with Crippen LogP contribution in [0.3, 0.4) is 0 Å². The summed E-state index contributed by atoms with van der Waals surface area (Å²) in [5.41, 5.74) is 3.67. The van der Waals surface area contributed by atoms with Crippen LogP contribution in [0.25, 0.3) is 16.9 Å². The van der Waals surface area contributed by atoms with Gasteiger partial charge in [-0.3, -0.25) is 4.79 Å². The van der Waals surface area contributed by atoms with E-state index in [1.54, 1.807) is 17.2 Å². The molecule has 0 saturated carbocycles. The molecule has 1 N–H and O–H groups in total. The molecule has 0 unspecified atom stereocenters. The molecule has 0 radical (unpaired) electrons. The van der Waals surface area contributed by atoms with Crippen molar-refractivity contribution in [2.45, 2.75) is 6.54 Å². The molecule has 2 heterocycles. The lowest BCUT2D eigenvalue weighted by molar-refractivity contribution is 0.0951. The summed E-state index contributed by atoms with van der Waals surface area (Å²) in [4.78, 5) is 20.8. The zero-order valence-electron chi connectivity index (χ0n) is 14.5. The Balaban J connectivity index is 1.46. The Labute approximate surface area is 156 Å². The summed E-state index contributed by atoms with van der Waals surface area (Å²) in [5, 5.41) is 7.04. The van der Waals surface area contributed by atoms with Crippen LogP contribution in [0.4, 0.5) is 0 Å². The molecule has 1 amide bonds. The zero-order valence-corrected chi connectivity index (χ0v) is 14.5. The van der Waals surface area contributed by atoms with E-state index in [2.05, 4.69) is 20.4 Å². The summed E-state index contributed by atoms with van der Waals surface area (Å²) in [7, 11) is 0. The molecule has 2 aromatic heterocycles. The number of benzene rings is 2. The first-order valence-electron chi connectivity index (χ1n) is 8.54. The molecular weight excluding hydrogens is 338 g/mol. The molecule has 6 nitrogen and oxygen atoms in total. The molecule has 0 aliphatic rings. The zero-order chi connectivity index (χ0) is 18.5. The largest absolute Gasteiger partial charge is 0.348 e. The number of nitrogens with one attached hydrogen (secondary N) is 1. The molecule has 0 aliphatic heterocycles. The first-order valence-corrected chi connectivity index (χ1v) is 8.54. The van der Waals surface area contributed by atoms with Crippen LogP contribution in [0.15, 0.2) is 85.6 Å². The maximum Gasteiger partial charge on any atom is 0.251 e. The Morgan fingerprint density at radius 2 is 1.70 bits per heavy atom. The molecule has 0 saturated heterocycles. The standard InChI is InChI=1S/C21H17N5O/c27-21(18-10-8-17(9-11-18)16-5-2-1-3-6-16)24-13-19-7-4-12-23-20(19)26-15-22-14-25-26/h1-12,14-15H,13H2,(H,24,27). The van der Waals surface area contributed by atoms with Gasteiger partial charge in [-0.05, 0) is 29.3 Å². The predicted octanol–water partition coefficient (Wildman–Crippen LogP) is 3.26. The van der Waals surface area contributed by atoms with E-state index in [1.165, 1.54) is 6.33 Å². The van der Waals surface area contributed by atoms with Gasteiger partial charge in [0.05, 0.1) is 0 Å².